The average molecular weight is 371 g/mol. The SMILES string of the molecule is COc1cccc(C(=O)c2c[nH]c3nccc(-c4ccc(C(N)=O)cc4)c23)c1. The summed E-state index contributed by atoms with van der Waals surface area (Å²) in [6, 6.07) is 15.8. The number of benzene rings is 2. The number of hydrogen-bond donors (Lipinski definition) is 2. The molecule has 0 aliphatic heterocycles. The number of rotatable bonds is 5. The van der Waals surface area contributed by atoms with Crippen LogP contribution in [0.15, 0.2) is 67.0 Å². The molecular weight excluding hydrogens is 354 g/mol. The third-order valence-corrected chi connectivity index (χ3v) is 4.63. The van der Waals surface area contributed by atoms with E-state index in [1.54, 1.807) is 55.9 Å². The molecule has 28 heavy (non-hydrogen) atoms. The number of methoxy groups -OCH3 is 1. The molecule has 2 aromatic carbocycles. The molecule has 0 unspecified atom stereocenters. The number of nitrogens with one attached hydrogen (secondary N) is 1. The average Bonchev–Trinajstić information content (AvgIpc) is 3.17. The molecular formula is C22H17N3O3. The van der Waals surface area contributed by atoms with Gasteiger partial charge in [-0.2, -0.15) is 0 Å². The molecule has 3 N–H and O–H groups in total. The van der Waals surface area contributed by atoms with Gasteiger partial charge in [0, 0.05) is 28.9 Å². The van der Waals surface area contributed by atoms with Crippen LogP contribution in [0, 0.1) is 0 Å². The number of nitrogens with zero attached hydrogens (tertiary/aromatic N) is 1. The fourth-order valence-electron chi connectivity index (χ4n) is 3.21. The van der Waals surface area contributed by atoms with Crippen molar-refractivity contribution in [1.82, 2.24) is 9.97 Å². The molecule has 0 saturated carbocycles. The van der Waals surface area contributed by atoms with Crippen LogP contribution in [0.3, 0.4) is 0 Å². The number of aromatic amines is 1. The van der Waals surface area contributed by atoms with Gasteiger partial charge in [-0.25, -0.2) is 4.98 Å². The van der Waals surface area contributed by atoms with E-state index in [0.29, 0.717) is 28.1 Å². The summed E-state index contributed by atoms with van der Waals surface area (Å²) < 4.78 is 5.22. The Bertz CT molecular complexity index is 1190. The fraction of sp³-hybridized carbons (Fsp3) is 0.0455. The first kappa shape index (κ1) is 17.5. The Balaban J connectivity index is 1.85. The number of ether oxygens (including phenoxy) is 1. The summed E-state index contributed by atoms with van der Waals surface area (Å²) in [4.78, 5) is 31.9. The molecule has 0 aliphatic carbocycles. The number of carbonyl (C=O) groups excluding carboxylic acids is 2. The Morgan fingerprint density at radius 1 is 1.04 bits per heavy atom. The maximum atomic E-state index is 13.2. The molecule has 2 aromatic heterocycles. The molecule has 138 valence electrons. The molecule has 0 radical (unpaired) electrons. The summed E-state index contributed by atoms with van der Waals surface area (Å²) in [5.74, 6) is 0.00111. The summed E-state index contributed by atoms with van der Waals surface area (Å²) in [5.41, 5.74) is 9.10. The topological polar surface area (TPSA) is 98.1 Å². The van der Waals surface area contributed by atoms with Crippen molar-refractivity contribution >= 4 is 22.7 Å². The quantitative estimate of drug-likeness (QED) is 0.524. The van der Waals surface area contributed by atoms with Gasteiger partial charge in [-0.05, 0) is 41.5 Å². The summed E-state index contributed by atoms with van der Waals surface area (Å²) >= 11 is 0. The third kappa shape index (κ3) is 3.01. The summed E-state index contributed by atoms with van der Waals surface area (Å²) in [5, 5.41) is 0.724. The van der Waals surface area contributed by atoms with Crippen molar-refractivity contribution in [3.63, 3.8) is 0 Å². The van der Waals surface area contributed by atoms with Crippen molar-refractivity contribution in [3.05, 3.63) is 83.7 Å². The molecule has 6 heteroatoms. The number of pyridine rings is 1. The second kappa shape index (κ2) is 7.00. The van der Waals surface area contributed by atoms with Crippen molar-refractivity contribution < 1.29 is 14.3 Å². The Hall–Kier alpha value is -3.93. The smallest absolute Gasteiger partial charge is 0.248 e. The lowest BCUT2D eigenvalue weighted by Gasteiger charge is -2.07. The normalized spacial score (nSPS) is 10.8. The van der Waals surface area contributed by atoms with Crippen LogP contribution in [0.4, 0.5) is 0 Å². The van der Waals surface area contributed by atoms with E-state index in [1.165, 1.54) is 0 Å². The highest BCUT2D eigenvalue weighted by molar-refractivity contribution is 6.18. The van der Waals surface area contributed by atoms with Crippen LogP contribution < -0.4 is 10.5 Å². The van der Waals surface area contributed by atoms with Crippen molar-refractivity contribution in [2.45, 2.75) is 0 Å². The highest BCUT2D eigenvalue weighted by atomic mass is 16.5. The maximum absolute atomic E-state index is 13.2. The Morgan fingerprint density at radius 2 is 1.82 bits per heavy atom. The van der Waals surface area contributed by atoms with E-state index in [9.17, 15) is 9.59 Å². The number of fused-ring (bicyclic) bond motifs is 1. The molecule has 0 spiro atoms. The van der Waals surface area contributed by atoms with E-state index in [2.05, 4.69) is 9.97 Å². The lowest BCUT2D eigenvalue weighted by molar-refractivity contribution is 0.0998. The molecule has 6 nitrogen and oxygen atoms in total. The van der Waals surface area contributed by atoms with Gasteiger partial charge < -0.3 is 15.5 Å². The first-order valence-corrected chi connectivity index (χ1v) is 8.63. The van der Waals surface area contributed by atoms with Gasteiger partial charge >= 0.3 is 0 Å². The molecule has 4 rings (SSSR count). The number of carbonyl (C=O) groups is 2. The van der Waals surface area contributed by atoms with Crippen LogP contribution >= 0.6 is 0 Å². The van der Waals surface area contributed by atoms with Gasteiger partial charge in [0.25, 0.3) is 0 Å². The summed E-state index contributed by atoms with van der Waals surface area (Å²) in [7, 11) is 1.56. The molecule has 2 heterocycles. The third-order valence-electron chi connectivity index (χ3n) is 4.63. The number of aromatic nitrogens is 2. The van der Waals surface area contributed by atoms with E-state index in [1.807, 2.05) is 18.2 Å². The largest absolute Gasteiger partial charge is 0.497 e. The monoisotopic (exact) mass is 371 g/mol. The van der Waals surface area contributed by atoms with Crippen LogP contribution in [-0.2, 0) is 0 Å². The number of primary amides is 1. The zero-order valence-electron chi connectivity index (χ0n) is 15.1. The highest BCUT2D eigenvalue weighted by Gasteiger charge is 2.19. The van der Waals surface area contributed by atoms with Gasteiger partial charge in [0.2, 0.25) is 5.91 Å². The predicted molar refractivity (Wildman–Crippen MR) is 106 cm³/mol. The number of ketones is 1. The number of hydrogen-bond acceptors (Lipinski definition) is 4. The van der Waals surface area contributed by atoms with E-state index in [4.69, 9.17) is 10.5 Å². The zero-order chi connectivity index (χ0) is 19.7. The van der Waals surface area contributed by atoms with Crippen molar-refractivity contribution in [2.75, 3.05) is 7.11 Å². The molecule has 0 atom stereocenters. The standard InChI is InChI=1S/C22H17N3O3/c1-28-16-4-2-3-15(11-16)20(26)18-12-25-22-19(18)17(9-10-24-22)13-5-7-14(8-6-13)21(23)27/h2-12H,1H3,(H2,23,27)(H,24,25). The van der Waals surface area contributed by atoms with Gasteiger partial charge in [-0.15, -0.1) is 0 Å². The second-order valence-corrected chi connectivity index (χ2v) is 6.29. The fourth-order valence-corrected chi connectivity index (χ4v) is 3.21. The lowest BCUT2D eigenvalue weighted by Crippen LogP contribution is -2.10. The second-order valence-electron chi connectivity index (χ2n) is 6.29. The van der Waals surface area contributed by atoms with Gasteiger partial charge in [0.05, 0.1) is 12.7 Å². The Morgan fingerprint density at radius 3 is 2.54 bits per heavy atom. The first-order valence-electron chi connectivity index (χ1n) is 8.63. The zero-order valence-corrected chi connectivity index (χ0v) is 15.1. The highest BCUT2D eigenvalue weighted by Crippen LogP contribution is 2.31. The number of nitrogens with two attached hydrogens (primary N) is 1. The number of H-pyrrole nitrogens is 1. The van der Waals surface area contributed by atoms with Crippen molar-refractivity contribution in [3.8, 4) is 16.9 Å². The number of amides is 1. The van der Waals surface area contributed by atoms with E-state index >= 15 is 0 Å². The van der Waals surface area contributed by atoms with Crippen LogP contribution in [-0.4, -0.2) is 28.8 Å². The van der Waals surface area contributed by atoms with Crippen LogP contribution in [0.1, 0.15) is 26.3 Å². The van der Waals surface area contributed by atoms with Gasteiger partial charge in [-0.3, -0.25) is 9.59 Å². The Kier molecular flexibility index (Phi) is 4.37. The minimum atomic E-state index is -0.484. The molecule has 0 aliphatic rings. The molecule has 0 fully saturated rings. The minimum absolute atomic E-state index is 0.131. The van der Waals surface area contributed by atoms with E-state index < -0.39 is 5.91 Å². The van der Waals surface area contributed by atoms with Crippen LogP contribution in [0.2, 0.25) is 0 Å². The maximum Gasteiger partial charge on any atom is 0.248 e. The summed E-state index contributed by atoms with van der Waals surface area (Å²) in [6.45, 7) is 0. The molecule has 0 saturated heterocycles. The van der Waals surface area contributed by atoms with E-state index in [-0.39, 0.29) is 5.78 Å². The van der Waals surface area contributed by atoms with Crippen molar-refractivity contribution in [2.24, 2.45) is 5.73 Å². The molecule has 0 bridgehead atoms. The molecule has 4 aromatic rings. The van der Waals surface area contributed by atoms with Gasteiger partial charge in [0.15, 0.2) is 5.78 Å². The lowest BCUT2D eigenvalue weighted by atomic mass is 9.96. The first-order chi connectivity index (χ1) is 13.6. The minimum Gasteiger partial charge on any atom is -0.497 e. The van der Waals surface area contributed by atoms with Crippen LogP contribution in [0.25, 0.3) is 22.2 Å². The van der Waals surface area contributed by atoms with Gasteiger partial charge in [-0.1, -0.05) is 24.3 Å². The van der Waals surface area contributed by atoms with E-state index in [0.717, 1.165) is 16.5 Å². The summed E-state index contributed by atoms with van der Waals surface area (Å²) in [6.07, 6.45) is 3.34. The molecule has 1 amide bonds. The predicted octanol–water partition coefficient (Wildman–Crippen LogP) is 3.57. The van der Waals surface area contributed by atoms with Gasteiger partial charge in [0.1, 0.15) is 11.4 Å². The Labute approximate surface area is 161 Å². The van der Waals surface area contributed by atoms with Crippen molar-refractivity contribution in [1.29, 1.82) is 0 Å². The van der Waals surface area contributed by atoms with Crippen LogP contribution in [0.5, 0.6) is 5.75 Å².